The molecule has 4 aliphatic carbocycles. The number of azide groups is 1. The number of allylic oxidation sites excluding steroid dienone is 1. The highest BCUT2D eigenvalue weighted by Crippen LogP contribution is 2.67. The molecular weight excluding hydrogens is 340 g/mol. The number of fused-ring (bicyclic) bond motifs is 5. The zero-order chi connectivity index (χ0) is 19.6. The fraction of sp³-hybridized carbons (Fsp3) is 0.857. The van der Waals surface area contributed by atoms with Gasteiger partial charge < -0.3 is 10.8 Å². The van der Waals surface area contributed by atoms with Crippen LogP contribution in [-0.4, -0.2) is 28.6 Å². The number of ketones is 1. The molecule has 3 unspecified atom stereocenters. The fourth-order valence-electron chi connectivity index (χ4n) is 7.73. The number of carbonyl (C=O) groups excluding carboxylic acids is 1. The van der Waals surface area contributed by atoms with Crippen molar-refractivity contribution in [3.63, 3.8) is 0 Å². The Morgan fingerprint density at radius 2 is 2.07 bits per heavy atom. The van der Waals surface area contributed by atoms with Gasteiger partial charge in [0.15, 0.2) is 0 Å². The molecule has 0 radical (unpaired) electrons. The molecule has 0 heterocycles. The van der Waals surface area contributed by atoms with Gasteiger partial charge in [0.25, 0.3) is 0 Å². The summed E-state index contributed by atoms with van der Waals surface area (Å²) in [7, 11) is 0. The van der Waals surface area contributed by atoms with Gasteiger partial charge in [-0.3, -0.25) is 4.79 Å². The first kappa shape index (κ1) is 19.0. The van der Waals surface area contributed by atoms with Crippen molar-refractivity contribution >= 4 is 5.78 Å². The third-order valence-corrected chi connectivity index (χ3v) is 9.12. The molecule has 0 saturated heterocycles. The predicted octanol–water partition coefficient (Wildman–Crippen LogP) is 3.89. The van der Waals surface area contributed by atoms with E-state index in [2.05, 4.69) is 29.9 Å². The second-order valence-electron chi connectivity index (χ2n) is 9.97. The van der Waals surface area contributed by atoms with E-state index >= 15 is 0 Å². The quantitative estimate of drug-likeness (QED) is 0.332. The van der Waals surface area contributed by atoms with Crippen molar-refractivity contribution in [1.82, 2.24) is 0 Å². The summed E-state index contributed by atoms with van der Waals surface area (Å²) in [6.45, 7) is 6.06. The molecular formula is C21H32N4O2. The fourth-order valence-corrected chi connectivity index (χ4v) is 7.73. The number of aliphatic hydroxyl groups is 1. The van der Waals surface area contributed by atoms with Crippen molar-refractivity contribution in [2.45, 2.75) is 83.4 Å². The number of hydrogen-bond acceptors (Lipinski definition) is 4. The molecule has 8 atom stereocenters. The minimum atomic E-state index is -1.12. The number of hydrogen-bond donors (Lipinski definition) is 2. The van der Waals surface area contributed by atoms with Gasteiger partial charge in [-0.2, -0.15) is 0 Å². The Bertz CT molecular complexity index is 740. The third-order valence-electron chi connectivity index (χ3n) is 9.12. The molecule has 27 heavy (non-hydrogen) atoms. The first-order chi connectivity index (χ1) is 12.7. The van der Waals surface area contributed by atoms with Crippen molar-refractivity contribution in [3.8, 4) is 0 Å². The maximum atomic E-state index is 12.7. The number of nitrogens with two attached hydrogens (primary N) is 1. The number of Topliss-reactive ketones (excluding diaryl/α,β-unsaturated/α-hetero) is 1. The molecule has 4 rings (SSSR count). The van der Waals surface area contributed by atoms with E-state index < -0.39 is 11.6 Å². The lowest BCUT2D eigenvalue weighted by molar-refractivity contribution is -0.130. The third kappa shape index (κ3) is 2.27. The summed E-state index contributed by atoms with van der Waals surface area (Å²) < 4.78 is 0. The van der Waals surface area contributed by atoms with E-state index in [1.165, 1.54) is 12.5 Å². The van der Waals surface area contributed by atoms with Crippen LogP contribution in [0, 0.1) is 28.6 Å². The second kappa shape index (κ2) is 6.07. The van der Waals surface area contributed by atoms with E-state index in [1.807, 2.05) is 0 Å². The van der Waals surface area contributed by atoms with Gasteiger partial charge in [-0.1, -0.05) is 30.6 Å². The molecule has 0 amide bonds. The minimum Gasteiger partial charge on any atom is -0.393 e. The Balaban J connectivity index is 1.76. The lowest BCUT2D eigenvalue weighted by Crippen LogP contribution is -2.60. The van der Waals surface area contributed by atoms with Crippen molar-refractivity contribution in [2.24, 2.45) is 39.4 Å². The zero-order valence-corrected chi connectivity index (χ0v) is 16.7. The first-order valence-corrected chi connectivity index (χ1v) is 10.4. The van der Waals surface area contributed by atoms with Crippen LogP contribution in [0.3, 0.4) is 0 Å². The monoisotopic (exact) mass is 372 g/mol. The molecule has 6 heteroatoms. The molecule has 0 aromatic rings. The molecule has 0 aromatic heterocycles. The Hall–Kier alpha value is -1.36. The SMILES string of the molecule is CC(=O)[C@@]1(N=[N+]=[N-])[C@H](N)CC2C3CC=C4C[C@@H](O)CC[C@]4(C)C3CC[C@@]21C. The maximum Gasteiger partial charge on any atom is 0.143 e. The smallest absolute Gasteiger partial charge is 0.143 e. The van der Waals surface area contributed by atoms with Crippen LogP contribution in [0.1, 0.15) is 65.7 Å². The summed E-state index contributed by atoms with van der Waals surface area (Å²) in [5, 5.41) is 14.2. The molecule has 6 nitrogen and oxygen atoms in total. The van der Waals surface area contributed by atoms with Crippen molar-refractivity contribution < 1.29 is 9.90 Å². The Kier molecular flexibility index (Phi) is 4.26. The van der Waals surface area contributed by atoms with Crippen LogP contribution in [0.15, 0.2) is 16.8 Å². The molecule has 3 N–H and O–H groups in total. The standard InChI is InChI=1S/C21H32N4O2/c1-12(26)21(24-25-23)18(22)11-17-15-5-4-13-10-14(27)6-8-19(13,2)16(15)7-9-20(17,21)3/h4,14-18,27H,5-11,22H2,1-3H3/t14-,15?,16?,17?,18+,19-,20-,21+/m0/s1. The molecule has 0 aromatic carbocycles. The number of rotatable bonds is 2. The van der Waals surface area contributed by atoms with Crippen molar-refractivity contribution in [3.05, 3.63) is 22.1 Å². The van der Waals surface area contributed by atoms with Crippen LogP contribution in [0.4, 0.5) is 0 Å². The average Bonchev–Trinajstić information content (AvgIpc) is 2.84. The van der Waals surface area contributed by atoms with Crippen LogP contribution in [0.2, 0.25) is 0 Å². The molecule has 3 saturated carbocycles. The Morgan fingerprint density at radius 3 is 2.74 bits per heavy atom. The molecule has 0 bridgehead atoms. The van der Waals surface area contributed by atoms with E-state index in [0.717, 1.165) is 44.9 Å². The van der Waals surface area contributed by atoms with Crippen LogP contribution < -0.4 is 5.73 Å². The average molecular weight is 373 g/mol. The summed E-state index contributed by atoms with van der Waals surface area (Å²) in [6.07, 6.45) is 8.50. The van der Waals surface area contributed by atoms with Gasteiger partial charge in [0.05, 0.1) is 6.10 Å². The van der Waals surface area contributed by atoms with E-state index in [4.69, 9.17) is 5.73 Å². The van der Waals surface area contributed by atoms with Crippen LogP contribution in [0.5, 0.6) is 0 Å². The summed E-state index contributed by atoms with van der Waals surface area (Å²) in [5.41, 5.74) is 15.8. The molecule has 0 aliphatic heterocycles. The highest BCUT2D eigenvalue weighted by atomic mass is 16.3. The minimum absolute atomic E-state index is 0.0877. The normalized spacial score (nSPS) is 51.3. The topological polar surface area (TPSA) is 112 Å². The van der Waals surface area contributed by atoms with E-state index in [0.29, 0.717) is 17.8 Å². The molecule has 148 valence electrons. The van der Waals surface area contributed by atoms with Crippen LogP contribution in [-0.2, 0) is 4.79 Å². The maximum absolute atomic E-state index is 12.7. The Morgan fingerprint density at radius 1 is 1.33 bits per heavy atom. The lowest BCUT2D eigenvalue weighted by Gasteiger charge is -2.58. The van der Waals surface area contributed by atoms with E-state index in [1.54, 1.807) is 0 Å². The van der Waals surface area contributed by atoms with Crippen LogP contribution in [0.25, 0.3) is 10.4 Å². The summed E-state index contributed by atoms with van der Waals surface area (Å²) in [4.78, 5) is 15.8. The lowest BCUT2D eigenvalue weighted by atomic mass is 9.46. The largest absolute Gasteiger partial charge is 0.393 e. The predicted molar refractivity (Wildman–Crippen MR) is 104 cm³/mol. The summed E-state index contributed by atoms with van der Waals surface area (Å²) >= 11 is 0. The Labute approximate surface area is 161 Å². The van der Waals surface area contributed by atoms with Crippen molar-refractivity contribution in [1.29, 1.82) is 0 Å². The van der Waals surface area contributed by atoms with E-state index in [9.17, 15) is 15.4 Å². The number of aliphatic hydroxyl groups excluding tert-OH is 1. The number of carbonyl (C=O) groups is 1. The van der Waals surface area contributed by atoms with Gasteiger partial charge in [-0.05, 0) is 86.0 Å². The highest BCUT2D eigenvalue weighted by Gasteiger charge is 2.68. The first-order valence-electron chi connectivity index (χ1n) is 10.4. The summed E-state index contributed by atoms with van der Waals surface area (Å²) in [5.74, 6) is 1.23. The van der Waals surface area contributed by atoms with Crippen molar-refractivity contribution in [2.75, 3.05) is 0 Å². The molecule has 3 fully saturated rings. The molecule has 4 aliphatic rings. The van der Waals surface area contributed by atoms with Gasteiger partial charge in [0.1, 0.15) is 11.3 Å². The zero-order valence-electron chi connectivity index (χ0n) is 16.7. The summed E-state index contributed by atoms with van der Waals surface area (Å²) in [6, 6.07) is -0.411. The second-order valence-corrected chi connectivity index (χ2v) is 9.97. The highest BCUT2D eigenvalue weighted by molar-refractivity contribution is 5.89. The molecule has 0 spiro atoms. The van der Waals surface area contributed by atoms with Gasteiger partial charge in [-0.15, -0.1) is 0 Å². The van der Waals surface area contributed by atoms with Gasteiger partial charge in [0.2, 0.25) is 0 Å². The van der Waals surface area contributed by atoms with Gasteiger partial charge in [0, 0.05) is 11.0 Å². The van der Waals surface area contributed by atoms with Gasteiger partial charge in [-0.25, -0.2) is 0 Å². The van der Waals surface area contributed by atoms with E-state index in [-0.39, 0.29) is 22.7 Å². The van der Waals surface area contributed by atoms with Crippen LogP contribution >= 0.6 is 0 Å². The van der Waals surface area contributed by atoms with Gasteiger partial charge >= 0.3 is 0 Å². The number of nitrogens with zero attached hydrogens (tertiary/aromatic N) is 3.